The number of hydrogen-bond acceptors (Lipinski definition) is 7. The van der Waals surface area contributed by atoms with Gasteiger partial charge >= 0.3 is 5.97 Å². The highest BCUT2D eigenvalue weighted by Gasteiger charge is 2.20. The van der Waals surface area contributed by atoms with E-state index in [1.54, 1.807) is 18.7 Å². The Balaban J connectivity index is 1.50. The molecule has 2 heterocycles. The molecule has 0 fully saturated rings. The van der Waals surface area contributed by atoms with Crippen LogP contribution in [0.1, 0.15) is 18.1 Å². The van der Waals surface area contributed by atoms with Crippen molar-refractivity contribution in [2.45, 2.75) is 29.2 Å². The third kappa shape index (κ3) is 4.60. The van der Waals surface area contributed by atoms with Gasteiger partial charge in [0, 0.05) is 17.5 Å². The maximum Gasteiger partial charge on any atom is 0.329 e. The van der Waals surface area contributed by atoms with Crippen LogP contribution < -0.4 is 15.2 Å². The average molecular weight is 456 g/mol. The molecule has 4 aromatic rings. The van der Waals surface area contributed by atoms with Gasteiger partial charge in [0.15, 0.2) is 0 Å². The van der Waals surface area contributed by atoms with Gasteiger partial charge in [-0.05, 0) is 48.9 Å². The number of benzene rings is 3. The number of nitrogens with two attached hydrogens (primary N) is 1. The molecule has 0 saturated carbocycles. The van der Waals surface area contributed by atoms with Crippen molar-refractivity contribution in [3.63, 3.8) is 0 Å². The fourth-order valence-electron chi connectivity index (χ4n) is 3.46. The molecule has 0 aliphatic carbocycles. The normalized spacial score (nSPS) is 12.8. The summed E-state index contributed by atoms with van der Waals surface area (Å²) in [5.41, 5.74) is 9.08. The van der Waals surface area contributed by atoms with Gasteiger partial charge in [-0.2, -0.15) is 0 Å². The molecule has 1 atom stereocenters. The van der Waals surface area contributed by atoms with Crippen LogP contribution in [0, 0.1) is 0 Å². The van der Waals surface area contributed by atoms with Crippen molar-refractivity contribution >= 4 is 17.7 Å². The highest BCUT2D eigenvalue weighted by molar-refractivity contribution is 7.99. The fourth-order valence-corrected chi connectivity index (χ4v) is 4.45. The Hall–Kier alpha value is -3.68. The lowest BCUT2D eigenvalue weighted by Crippen LogP contribution is -2.31. The summed E-state index contributed by atoms with van der Waals surface area (Å²) in [6.07, 6.45) is 0.543. The van der Waals surface area contributed by atoms with Crippen LogP contribution in [0.5, 0.6) is 17.4 Å². The summed E-state index contributed by atoms with van der Waals surface area (Å²) >= 11 is 1.66. The number of carbonyl (C=O) groups excluding carboxylic acids is 1. The summed E-state index contributed by atoms with van der Waals surface area (Å²) < 4.78 is 11.5. The first-order valence-electron chi connectivity index (χ1n) is 10.5. The zero-order chi connectivity index (χ0) is 22.8. The number of para-hydroxylation sites is 1. The van der Waals surface area contributed by atoms with E-state index in [1.165, 1.54) is 0 Å². The second-order valence-corrected chi connectivity index (χ2v) is 8.83. The van der Waals surface area contributed by atoms with Gasteiger partial charge in [-0.25, -0.2) is 4.79 Å². The first-order chi connectivity index (χ1) is 16.1. The van der Waals surface area contributed by atoms with Gasteiger partial charge in [-0.15, -0.1) is 10.2 Å². The van der Waals surface area contributed by atoms with Crippen LogP contribution in [0.3, 0.4) is 0 Å². The van der Waals surface area contributed by atoms with Crippen LogP contribution in [0.4, 0.5) is 0 Å². The summed E-state index contributed by atoms with van der Waals surface area (Å²) in [5, 5.41) is 8.57. The predicted octanol–water partition coefficient (Wildman–Crippen LogP) is 5.24. The van der Waals surface area contributed by atoms with Crippen LogP contribution in [-0.4, -0.2) is 22.2 Å². The summed E-state index contributed by atoms with van der Waals surface area (Å²) in [4.78, 5) is 14.2. The predicted molar refractivity (Wildman–Crippen MR) is 127 cm³/mol. The molecule has 1 unspecified atom stereocenters. The highest BCUT2D eigenvalue weighted by atomic mass is 32.2. The van der Waals surface area contributed by atoms with E-state index in [-0.39, 0.29) is 5.88 Å². The lowest BCUT2D eigenvalue weighted by molar-refractivity contribution is -0.135. The quantitative estimate of drug-likeness (QED) is 0.362. The van der Waals surface area contributed by atoms with Gasteiger partial charge in [0.1, 0.15) is 17.5 Å². The zero-order valence-electron chi connectivity index (χ0n) is 17.9. The van der Waals surface area contributed by atoms with Crippen molar-refractivity contribution in [1.29, 1.82) is 0 Å². The Labute approximate surface area is 195 Å². The van der Waals surface area contributed by atoms with Crippen molar-refractivity contribution in [2.24, 2.45) is 5.73 Å². The van der Waals surface area contributed by atoms with E-state index in [2.05, 4.69) is 10.2 Å². The number of ether oxygens (including phenoxy) is 2. The van der Waals surface area contributed by atoms with E-state index in [1.807, 2.05) is 78.9 Å². The van der Waals surface area contributed by atoms with Crippen LogP contribution in [-0.2, 0) is 11.2 Å². The molecule has 1 aliphatic heterocycles. The molecule has 1 aliphatic rings. The molecular formula is C26H21N3O3S. The third-order valence-electron chi connectivity index (χ3n) is 5.17. The lowest BCUT2D eigenvalue weighted by Gasteiger charge is -2.20. The van der Waals surface area contributed by atoms with Crippen molar-refractivity contribution in [3.8, 4) is 28.6 Å². The molecule has 2 N–H and O–H groups in total. The first kappa shape index (κ1) is 21.2. The standard InChI is InChI=1S/C26H21N3O3S/c1-16(27)26(30)32-25-19(13-17-7-3-2-4-8-17)14-20(28-29-25)18-11-12-22-24(15-18)33-23-10-6-5-9-21(23)31-22/h2-12,14-16H,13,27H2,1H3. The van der Waals surface area contributed by atoms with Gasteiger partial charge in [0.2, 0.25) is 5.88 Å². The Morgan fingerprint density at radius 2 is 1.73 bits per heavy atom. The smallest absolute Gasteiger partial charge is 0.329 e. The molecule has 7 heteroatoms. The molecule has 164 valence electrons. The minimum atomic E-state index is -0.753. The van der Waals surface area contributed by atoms with Crippen molar-refractivity contribution in [3.05, 3.63) is 90.0 Å². The van der Waals surface area contributed by atoms with Crippen LogP contribution >= 0.6 is 11.8 Å². The molecular weight excluding hydrogens is 434 g/mol. The van der Waals surface area contributed by atoms with Gasteiger partial charge < -0.3 is 15.2 Å². The van der Waals surface area contributed by atoms with Crippen molar-refractivity contribution < 1.29 is 14.3 Å². The zero-order valence-corrected chi connectivity index (χ0v) is 18.7. The van der Waals surface area contributed by atoms with Crippen LogP contribution in [0.15, 0.2) is 88.7 Å². The summed E-state index contributed by atoms with van der Waals surface area (Å²) in [7, 11) is 0. The Kier molecular flexibility index (Phi) is 5.81. The van der Waals surface area contributed by atoms with E-state index in [4.69, 9.17) is 15.2 Å². The van der Waals surface area contributed by atoms with Gasteiger partial charge in [0.05, 0.1) is 15.5 Å². The number of hydrogen-bond donors (Lipinski definition) is 1. The number of carbonyl (C=O) groups is 1. The van der Waals surface area contributed by atoms with E-state index in [0.29, 0.717) is 12.1 Å². The second kappa shape index (κ2) is 9.05. The Morgan fingerprint density at radius 1 is 0.970 bits per heavy atom. The average Bonchev–Trinajstić information content (AvgIpc) is 2.84. The summed E-state index contributed by atoms with van der Waals surface area (Å²) in [5.74, 6) is 1.29. The molecule has 6 nitrogen and oxygen atoms in total. The van der Waals surface area contributed by atoms with Crippen molar-refractivity contribution in [1.82, 2.24) is 10.2 Å². The number of fused-ring (bicyclic) bond motifs is 2. The topological polar surface area (TPSA) is 87.3 Å². The summed E-state index contributed by atoms with van der Waals surface area (Å²) in [6.45, 7) is 1.58. The number of aromatic nitrogens is 2. The molecule has 0 saturated heterocycles. The van der Waals surface area contributed by atoms with Crippen molar-refractivity contribution in [2.75, 3.05) is 0 Å². The molecule has 0 radical (unpaired) electrons. The lowest BCUT2D eigenvalue weighted by atomic mass is 10.0. The largest absolute Gasteiger partial charge is 0.455 e. The number of esters is 1. The maximum absolute atomic E-state index is 12.1. The minimum absolute atomic E-state index is 0.175. The van der Waals surface area contributed by atoms with Crippen LogP contribution in [0.25, 0.3) is 11.3 Å². The molecule has 0 amide bonds. The van der Waals surface area contributed by atoms with Gasteiger partial charge in [-0.1, -0.05) is 54.2 Å². The van der Waals surface area contributed by atoms with E-state index < -0.39 is 12.0 Å². The van der Waals surface area contributed by atoms with E-state index in [9.17, 15) is 4.79 Å². The highest BCUT2D eigenvalue weighted by Crippen LogP contribution is 2.47. The molecule has 0 bridgehead atoms. The Bertz CT molecular complexity index is 1330. The second-order valence-electron chi connectivity index (χ2n) is 7.74. The number of nitrogens with zero attached hydrogens (tertiary/aromatic N) is 2. The minimum Gasteiger partial charge on any atom is -0.455 e. The van der Waals surface area contributed by atoms with Gasteiger partial charge in [0.25, 0.3) is 0 Å². The molecule has 1 aromatic heterocycles. The van der Waals surface area contributed by atoms with E-state index in [0.717, 1.165) is 38.0 Å². The summed E-state index contributed by atoms with van der Waals surface area (Å²) in [6, 6.07) is 25.0. The molecule has 3 aromatic carbocycles. The van der Waals surface area contributed by atoms with Crippen LogP contribution in [0.2, 0.25) is 0 Å². The van der Waals surface area contributed by atoms with E-state index >= 15 is 0 Å². The monoisotopic (exact) mass is 455 g/mol. The third-order valence-corrected chi connectivity index (χ3v) is 6.27. The molecule has 0 spiro atoms. The number of rotatable bonds is 5. The Morgan fingerprint density at radius 3 is 2.55 bits per heavy atom. The maximum atomic E-state index is 12.1. The SMILES string of the molecule is CC(N)C(=O)Oc1nnc(-c2ccc3c(c2)Sc2ccccc2O3)cc1Cc1ccccc1. The van der Waals surface area contributed by atoms with Gasteiger partial charge in [-0.3, -0.25) is 0 Å². The molecule has 33 heavy (non-hydrogen) atoms. The molecule has 5 rings (SSSR count). The first-order valence-corrected chi connectivity index (χ1v) is 11.4. The fraction of sp³-hybridized carbons (Fsp3) is 0.115.